The Bertz CT molecular complexity index is 1700. The van der Waals surface area contributed by atoms with E-state index in [4.69, 9.17) is 19.4 Å². The van der Waals surface area contributed by atoms with E-state index in [9.17, 15) is 9.59 Å². The minimum absolute atomic E-state index is 0.0975. The lowest BCUT2D eigenvalue weighted by Gasteiger charge is -2.52. The third-order valence-corrected chi connectivity index (χ3v) is 11.6. The van der Waals surface area contributed by atoms with Gasteiger partial charge in [0.1, 0.15) is 11.5 Å². The van der Waals surface area contributed by atoms with Crippen LogP contribution in [0.4, 0.5) is 0 Å². The lowest BCUT2D eigenvalue weighted by molar-refractivity contribution is -0.156. The number of esters is 2. The lowest BCUT2D eigenvalue weighted by Crippen LogP contribution is -2.50. The summed E-state index contributed by atoms with van der Waals surface area (Å²) in [6.07, 6.45) is 12.1. The van der Waals surface area contributed by atoms with Crippen LogP contribution >= 0.6 is 0 Å². The van der Waals surface area contributed by atoms with Crippen molar-refractivity contribution in [3.8, 4) is 11.5 Å². The highest BCUT2D eigenvalue weighted by atomic mass is 16.6. The number of rotatable bonds is 6. The predicted octanol–water partition coefficient (Wildman–Crippen LogP) is 6.29. The van der Waals surface area contributed by atoms with Gasteiger partial charge in [0.2, 0.25) is 0 Å². The number of pyridine rings is 2. The van der Waals surface area contributed by atoms with E-state index in [1.807, 2.05) is 48.8 Å². The van der Waals surface area contributed by atoms with Gasteiger partial charge in [0.25, 0.3) is 0 Å². The maximum absolute atomic E-state index is 13.2. The highest BCUT2D eigenvalue weighted by Crippen LogP contribution is 2.56. The highest BCUT2D eigenvalue weighted by Gasteiger charge is 2.51. The van der Waals surface area contributed by atoms with Gasteiger partial charge >= 0.3 is 11.9 Å². The zero-order valence-electron chi connectivity index (χ0n) is 27.7. The Morgan fingerprint density at radius 1 is 0.646 bits per heavy atom. The fourth-order valence-corrected chi connectivity index (χ4v) is 9.07. The van der Waals surface area contributed by atoms with Crippen molar-refractivity contribution in [3.63, 3.8) is 0 Å². The first-order valence-corrected chi connectivity index (χ1v) is 17.3. The van der Waals surface area contributed by atoms with E-state index < -0.39 is 11.9 Å². The van der Waals surface area contributed by atoms with E-state index in [0.717, 1.165) is 87.0 Å². The quantitative estimate of drug-likeness (QED) is 0.138. The molecule has 8 nitrogen and oxygen atoms in total. The van der Waals surface area contributed by atoms with Gasteiger partial charge in [-0.05, 0) is 123 Å². The van der Waals surface area contributed by atoms with Gasteiger partial charge in [-0.2, -0.15) is 0 Å². The van der Waals surface area contributed by atoms with Crippen LogP contribution in [0.5, 0.6) is 11.5 Å². The van der Waals surface area contributed by atoms with Gasteiger partial charge in [0, 0.05) is 59.8 Å². The van der Waals surface area contributed by atoms with Crippen LogP contribution in [0.2, 0.25) is 0 Å². The molecule has 4 heterocycles. The molecule has 246 valence electrons. The minimum atomic E-state index is -1.03. The SMILES string of the molecule is CN1CCc2ccc(OC(=O)C(=O)Oc3ccc4c(c3)C(C3(c5ccccn5)CCC3)N(C)CC4)cc2C1C1(c2ccccn2)CCC1. The Morgan fingerprint density at radius 3 is 1.44 bits per heavy atom. The molecule has 8 heteroatoms. The van der Waals surface area contributed by atoms with Crippen molar-refractivity contribution in [2.24, 2.45) is 0 Å². The van der Waals surface area contributed by atoms with Crippen LogP contribution in [-0.4, -0.2) is 58.9 Å². The molecular formula is C40H42N4O4. The molecule has 2 aromatic carbocycles. The average molecular weight is 643 g/mol. The van der Waals surface area contributed by atoms with Crippen LogP contribution in [0.25, 0.3) is 0 Å². The number of likely N-dealkylation sites (N-methyl/N-ethyl adjacent to an activating group) is 2. The molecule has 0 saturated heterocycles. The summed E-state index contributed by atoms with van der Waals surface area (Å²) < 4.78 is 11.4. The van der Waals surface area contributed by atoms with Crippen LogP contribution in [0, 0.1) is 0 Å². The molecule has 0 N–H and O–H groups in total. The predicted molar refractivity (Wildman–Crippen MR) is 182 cm³/mol. The largest absolute Gasteiger partial charge is 0.423 e. The van der Waals surface area contributed by atoms with E-state index in [-0.39, 0.29) is 22.9 Å². The van der Waals surface area contributed by atoms with Crippen LogP contribution < -0.4 is 9.47 Å². The summed E-state index contributed by atoms with van der Waals surface area (Å²) in [5.74, 6) is -1.37. The Morgan fingerprint density at radius 2 is 1.08 bits per heavy atom. The Balaban J connectivity index is 1.03. The van der Waals surface area contributed by atoms with E-state index in [0.29, 0.717) is 11.5 Å². The van der Waals surface area contributed by atoms with Crippen molar-refractivity contribution in [2.75, 3.05) is 27.2 Å². The van der Waals surface area contributed by atoms with Crippen LogP contribution in [0.15, 0.2) is 85.2 Å². The maximum Gasteiger partial charge on any atom is 0.423 e. The molecule has 0 spiro atoms. The van der Waals surface area contributed by atoms with Gasteiger partial charge < -0.3 is 9.47 Å². The Kier molecular flexibility index (Phi) is 7.88. The molecule has 2 fully saturated rings. The summed E-state index contributed by atoms with van der Waals surface area (Å²) in [6.45, 7) is 1.89. The minimum Gasteiger partial charge on any atom is -0.418 e. The van der Waals surface area contributed by atoms with Gasteiger partial charge in [-0.1, -0.05) is 37.1 Å². The standard InChI is InChI=1S/C40H42N4O4/c1-43-23-15-27-11-13-29(25-31(27)35(43)39(17-7-18-39)33-9-3-5-21-41-33)47-37(45)38(46)48-30-14-12-28-16-24-44(2)36(32(28)26-30)40(19-8-20-40)34-10-4-6-22-42-34/h3-6,9-14,21-22,25-26,35-36H,7-8,15-20,23-24H2,1-2H3. The molecule has 8 rings (SSSR count). The summed E-state index contributed by atoms with van der Waals surface area (Å²) >= 11 is 0. The number of nitrogens with zero attached hydrogens (tertiary/aromatic N) is 4. The smallest absolute Gasteiger partial charge is 0.418 e. The van der Waals surface area contributed by atoms with Crippen molar-refractivity contribution >= 4 is 11.9 Å². The van der Waals surface area contributed by atoms with Gasteiger partial charge in [-0.15, -0.1) is 0 Å². The first kappa shape index (κ1) is 30.9. The molecule has 2 saturated carbocycles. The number of hydrogen-bond acceptors (Lipinski definition) is 8. The number of aromatic nitrogens is 2. The first-order valence-electron chi connectivity index (χ1n) is 17.3. The molecule has 48 heavy (non-hydrogen) atoms. The van der Waals surface area contributed by atoms with Crippen molar-refractivity contribution in [1.29, 1.82) is 0 Å². The molecule has 4 aromatic rings. The van der Waals surface area contributed by atoms with Crippen LogP contribution in [0.3, 0.4) is 0 Å². The Hall–Kier alpha value is -4.40. The first-order chi connectivity index (χ1) is 23.4. The van der Waals surface area contributed by atoms with Gasteiger partial charge in [0.15, 0.2) is 0 Å². The fraction of sp³-hybridized carbons (Fsp3) is 0.400. The highest BCUT2D eigenvalue weighted by molar-refractivity contribution is 6.31. The molecule has 2 atom stereocenters. The normalized spacial score (nSPS) is 22.7. The van der Waals surface area contributed by atoms with E-state index in [1.165, 1.54) is 11.1 Å². The van der Waals surface area contributed by atoms with Crippen molar-refractivity contribution in [2.45, 2.75) is 74.3 Å². The van der Waals surface area contributed by atoms with E-state index >= 15 is 0 Å². The zero-order valence-corrected chi connectivity index (χ0v) is 27.7. The maximum atomic E-state index is 13.2. The summed E-state index contributed by atoms with van der Waals surface area (Å²) in [7, 11) is 4.33. The Labute approximate surface area is 282 Å². The van der Waals surface area contributed by atoms with Gasteiger partial charge in [-0.3, -0.25) is 19.8 Å². The van der Waals surface area contributed by atoms with Gasteiger partial charge in [0.05, 0.1) is 0 Å². The topological polar surface area (TPSA) is 84.9 Å². The van der Waals surface area contributed by atoms with Gasteiger partial charge in [-0.25, -0.2) is 9.59 Å². The molecule has 0 amide bonds. The molecular weight excluding hydrogens is 600 g/mol. The summed E-state index contributed by atoms with van der Waals surface area (Å²) in [5, 5.41) is 0. The van der Waals surface area contributed by atoms with Crippen LogP contribution in [-0.2, 0) is 33.3 Å². The molecule has 2 unspecified atom stereocenters. The number of carbonyl (C=O) groups is 2. The molecule has 0 radical (unpaired) electrons. The molecule has 0 bridgehead atoms. The second kappa shape index (κ2) is 12.2. The number of hydrogen-bond donors (Lipinski definition) is 0. The number of carbonyl (C=O) groups excluding carboxylic acids is 2. The second-order valence-corrected chi connectivity index (χ2v) is 14.2. The van der Waals surface area contributed by atoms with Crippen LogP contribution in [0.1, 0.15) is 84.3 Å². The van der Waals surface area contributed by atoms with E-state index in [2.05, 4.69) is 48.2 Å². The zero-order chi connectivity index (χ0) is 32.9. The number of ether oxygens (including phenoxy) is 2. The third kappa shape index (κ3) is 5.13. The molecule has 2 aliphatic carbocycles. The molecule has 2 aromatic heterocycles. The average Bonchev–Trinajstić information content (AvgIpc) is 3.06. The van der Waals surface area contributed by atoms with Crippen molar-refractivity contribution in [3.05, 3.63) is 119 Å². The summed E-state index contributed by atoms with van der Waals surface area (Å²) in [6, 6.07) is 24.0. The number of fused-ring (bicyclic) bond motifs is 2. The van der Waals surface area contributed by atoms with Crippen molar-refractivity contribution < 1.29 is 19.1 Å². The summed E-state index contributed by atoms with van der Waals surface area (Å²) in [5.41, 5.74) is 6.77. The third-order valence-electron chi connectivity index (χ3n) is 11.6. The summed E-state index contributed by atoms with van der Waals surface area (Å²) in [4.78, 5) is 40.7. The van der Waals surface area contributed by atoms with Crippen molar-refractivity contribution in [1.82, 2.24) is 19.8 Å². The molecule has 2 aliphatic heterocycles. The molecule has 4 aliphatic rings. The monoisotopic (exact) mass is 642 g/mol. The second-order valence-electron chi connectivity index (χ2n) is 14.2. The lowest BCUT2D eigenvalue weighted by atomic mass is 9.59. The fourth-order valence-electron chi connectivity index (χ4n) is 9.07. The number of benzene rings is 2. The van der Waals surface area contributed by atoms with E-state index in [1.54, 1.807) is 12.1 Å².